The Morgan fingerprint density at radius 3 is 2.67 bits per heavy atom. The molecule has 0 aliphatic rings. The number of hydrogen-bond acceptors (Lipinski definition) is 3. The Labute approximate surface area is 149 Å². The highest BCUT2D eigenvalue weighted by molar-refractivity contribution is 7.10. The van der Waals surface area contributed by atoms with E-state index in [0.29, 0.717) is 6.54 Å². The van der Waals surface area contributed by atoms with Crippen molar-refractivity contribution in [3.8, 4) is 0 Å². The molecule has 0 saturated heterocycles. The second-order valence-electron chi connectivity index (χ2n) is 6.08. The van der Waals surface area contributed by atoms with Gasteiger partial charge in [0.25, 0.3) is 0 Å². The van der Waals surface area contributed by atoms with E-state index in [1.807, 2.05) is 0 Å². The second kappa shape index (κ2) is 8.73. The van der Waals surface area contributed by atoms with Gasteiger partial charge in [0, 0.05) is 31.2 Å². The molecule has 0 saturated carbocycles. The zero-order valence-corrected chi connectivity index (χ0v) is 16.1. The van der Waals surface area contributed by atoms with Gasteiger partial charge in [-0.25, -0.2) is 4.99 Å². The average Bonchev–Trinajstić information content (AvgIpc) is 3.08. The number of aliphatic imine (C=N–C) groups is 1. The van der Waals surface area contributed by atoms with Crippen LogP contribution < -0.4 is 15.5 Å². The molecule has 4 nitrogen and oxygen atoms in total. The number of nitrogens with one attached hydrogen (secondary N) is 2. The van der Waals surface area contributed by atoms with Crippen LogP contribution in [-0.4, -0.2) is 26.6 Å². The van der Waals surface area contributed by atoms with Crippen molar-refractivity contribution in [1.82, 2.24) is 10.6 Å². The maximum atomic E-state index is 4.75. The van der Waals surface area contributed by atoms with Gasteiger partial charge in [-0.15, -0.1) is 11.3 Å². The van der Waals surface area contributed by atoms with Crippen LogP contribution in [0.25, 0.3) is 0 Å². The summed E-state index contributed by atoms with van der Waals surface area (Å²) in [5.74, 6) is 0.856. The van der Waals surface area contributed by atoms with Gasteiger partial charge in [-0.3, -0.25) is 0 Å². The van der Waals surface area contributed by atoms with Crippen molar-refractivity contribution < 1.29 is 0 Å². The number of aryl methyl sites for hydroxylation is 1. The zero-order chi connectivity index (χ0) is 17.5. The van der Waals surface area contributed by atoms with Gasteiger partial charge in [0.1, 0.15) is 0 Å². The van der Waals surface area contributed by atoms with Crippen LogP contribution in [0, 0.1) is 6.92 Å². The van der Waals surface area contributed by atoms with E-state index in [1.165, 1.54) is 21.7 Å². The molecule has 0 aliphatic carbocycles. The Kier molecular flexibility index (Phi) is 6.67. The van der Waals surface area contributed by atoms with E-state index in [1.54, 1.807) is 11.3 Å². The Bertz CT molecular complexity index is 662. The molecule has 0 bridgehead atoms. The molecule has 0 fully saturated rings. The largest absolute Gasteiger partial charge is 0.378 e. The lowest BCUT2D eigenvalue weighted by Gasteiger charge is -2.17. The Morgan fingerprint density at radius 2 is 2.08 bits per heavy atom. The topological polar surface area (TPSA) is 39.7 Å². The monoisotopic (exact) mass is 344 g/mol. The zero-order valence-electron chi connectivity index (χ0n) is 15.3. The minimum atomic E-state index is 0.250. The van der Waals surface area contributed by atoms with E-state index in [-0.39, 0.29) is 6.04 Å². The molecule has 0 aliphatic heterocycles. The molecule has 24 heavy (non-hydrogen) atoms. The van der Waals surface area contributed by atoms with Crippen LogP contribution in [0.5, 0.6) is 0 Å². The normalized spacial score (nSPS) is 12.8. The molecule has 1 atom stereocenters. The van der Waals surface area contributed by atoms with Crippen molar-refractivity contribution in [1.29, 1.82) is 0 Å². The predicted octanol–water partition coefficient (Wildman–Crippen LogP) is 3.94. The van der Waals surface area contributed by atoms with Crippen molar-refractivity contribution in [2.75, 3.05) is 25.5 Å². The number of guanidine groups is 1. The van der Waals surface area contributed by atoms with Crippen LogP contribution in [0.1, 0.15) is 35.9 Å². The van der Waals surface area contributed by atoms with E-state index < -0.39 is 0 Å². The Morgan fingerprint density at radius 1 is 1.29 bits per heavy atom. The van der Waals surface area contributed by atoms with Crippen LogP contribution in [0.3, 0.4) is 0 Å². The summed E-state index contributed by atoms with van der Waals surface area (Å²) in [6, 6.07) is 11.0. The Hall–Kier alpha value is -2.01. The van der Waals surface area contributed by atoms with Crippen molar-refractivity contribution in [3.05, 3.63) is 51.7 Å². The molecule has 1 unspecified atom stereocenters. The van der Waals surface area contributed by atoms with Gasteiger partial charge in [-0.1, -0.05) is 12.1 Å². The molecule has 130 valence electrons. The van der Waals surface area contributed by atoms with Crippen LogP contribution in [0.4, 0.5) is 5.69 Å². The molecular weight excluding hydrogens is 316 g/mol. The third-order valence-electron chi connectivity index (χ3n) is 3.92. The van der Waals surface area contributed by atoms with Crippen LogP contribution >= 0.6 is 11.3 Å². The van der Waals surface area contributed by atoms with Gasteiger partial charge in [-0.05, 0) is 55.5 Å². The highest BCUT2D eigenvalue weighted by Crippen LogP contribution is 2.19. The fourth-order valence-electron chi connectivity index (χ4n) is 2.43. The third kappa shape index (κ3) is 4.99. The summed E-state index contributed by atoms with van der Waals surface area (Å²) in [4.78, 5) is 8.19. The molecule has 1 aromatic carbocycles. The average molecular weight is 345 g/mol. The van der Waals surface area contributed by atoms with Crippen molar-refractivity contribution in [3.63, 3.8) is 0 Å². The fraction of sp³-hybridized carbons (Fsp3) is 0.421. The minimum absolute atomic E-state index is 0.250. The summed E-state index contributed by atoms with van der Waals surface area (Å²) in [7, 11) is 4.12. The highest BCUT2D eigenvalue weighted by Gasteiger charge is 2.09. The van der Waals surface area contributed by atoms with Gasteiger partial charge < -0.3 is 15.5 Å². The first-order valence-electron chi connectivity index (χ1n) is 8.36. The summed E-state index contributed by atoms with van der Waals surface area (Å²) < 4.78 is 0. The van der Waals surface area contributed by atoms with Crippen molar-refractivity contribution >= 4 is 23.0 Å². The predicted molar refractivity (Wildman–Crippen MR) is 106 cm³/mol. The van der Waals surface area contributed by atoms with E-state index in [2.05, 4.69) is 86.1 Å². The standard InChI is InChI=1S/C19H28N4S/c1-6-20-19(22-15(3)18-8-7-11-24-18)21-13-16-9-10-17(23(4)5)12-14(16)2/h7-12,15H,6,13H2,1-5H3,(H2,20,21,22). The number of anilines is 1. The molecule has 0 amide bonds. The summed E-state index contributed by atoms with van der Waals surface area (Å²) in [6.07, 6.45) is 0. The van der Waals surface area contributed by atoms with E-state index in [4.69, 9.17) is 4.99 Å². The lowest BCUT2D eigenvalue weighted by molar-refractivity contribution is 0.697. The van der Waals surface area contributed by atoms with Crippen LogP contribution in [-0.2, 0) is 6.54 Å². The van der Waals surface area contributed by atoms with Crippen molar-refractivity contribution in [2.45, 2.75) is 33.4 Å². The van der Waals surface area contributed by atoms with Gasteiger partial charge in [0.05, 0.1) is 12.6 Å². The van der Waals surface area contributed by atoms with Gasteiger partial charge in [-0.2, -0.15) is 0 Å². The minimum Gasteiger partial charge on any atom is -0.378 e. The van der Waals surface area contributed by atoms with Gasteiger partial charge in [0.2, 0.25) is 0 Å². The van der Waals surface area contributed by atoms with Gasteiger partial charge >= 0.3 is 0 Å². The second-order valence-corrected chi connectivity index (χ2v) is 7.06. The molecule has 1 heterocycles. The lowest BCUT2D eigenvalue weighted by Crippen LogP contribution is -2.38. The number of thiophene rings is 1. The van der Waals surface area contributed by atoms with E-state index in [9.17, 15) is 0 Å². The molecular formula is C19H28N4S. The van der Waals surface area contributed by atoms with E-state index >= 15 is 0 Å². The quantitative estimate of drug-likeness (QED) is 0.616. The molecule has 2 aromatic rings. The van der Waals surface area contributed by atoms with E-state index in [0.717, 1.165) is 12.5 Å². The number of hydrogen-bond donors (Lipinski definition) is 2. The smallest absolute Gasteiger partial charge is 0.192 e. The number of benzene rings is 1. The maximum absolute atomic E-state index is 4.75. The summed E-state index contributed by atoms with van der Waals surface area (Å²) in [5, 5.41) is 8.92. The first kappa shape index (κ1) is 18.3. The highest BCUT2D eigenvalue weighted by atomic mass is 32.1. The SMILES string of the molecule is CCNC(=NCc1ccc(N(C)C)cc1C)NC(C)c1cccs1. The summed E-state index contributed by atoms with van der Waals surface area (Å²) in [5.41, 5.74) is 3.74. The molecule has 1 aromatic heterocycles. The molecule has 5 heteroatoms. The summed E-state index contributed by atoms with van der Waals surface area (Å²) >= 11 is 1.76. The first-order chi connectivity index (χ1) is 11.5. The summed E-state index contributed by atoms with van der Waals surface area (Å²) in [6.45, 7) is 7.92. The molecule has 0 radical (unpaired) electrons. The fourth-order valence-corrected chi connectivity index (χ4v) is 3.17. The third-order valence-corrected chi connectivity index (χ3v) is 4.97. The number of rotatable bonds is 6. The van der Waals surface area contributed by atoms with Gasteiger partial charge in [0.15, 0.2) is 5.96 Å². The lowest BCUT2D eigenvalue weighted by atomic mass is 10.1. The molecule has 2 rings (SSSR count). The Balaban J connectivity index is 2.08. The van der Waals surface area contributed by atoms with Crippen LogP contribution in [0.2, 0.25) is 0 Å². The molecule has 2 N–H and O–H groups in total. The van der Waals surface area contributed by atoms with Crippen molar-refractivity contribution in [2.24, 2.45) is 4.99 Å². The van der Waals surface area contributed by atoms with Crippen LogP contribution in [0.15, 0.2) is 40.7 Å². The molecule has 0 spiro atoms. The number of nitrogens with zero attached hydrogens (tertiary/aromatic N) is 2. The first-order valence-corrected chi connectivity index (χ1v) is 9.24. The maximum Gasteiger partial charge on any atom is 0.192 e.